The van der Waals surface area contributed by atoms with Gasteiger partial charge in [-0.15, -0.1) is 0 Å². The quantitative estimate of drug-likeness (QED) is 0.597. The molecule has 0 amide bonds. The summed E-state index contributed by atoms with van der Waals surface area (Å²) in [5.74, 6) is 0.412. The summed E-state index contributed by atoms with van der Waals surface area (Å²) in [6.07, 6.45) is 1.21. The Labute approximate surface area is 144 Å². The van der Waals surface area contributed by atoms with E-state index in [1.54, 1.807) is 31.4 Å². The van der Waals surface area contributed by atoms with Gasteiger partial charge in [-0.3, -0.25) is 9.59 Å². The highest BCUT2D eigenvalue weighted by Crippen LogP contribution is 2.57. The maximum absolute atomic E-state index is 13.0. The number of Topliss-reactive ketones (excluding diaryl/α,β-unsaturated/α-hetero) is 1. The van der Waals surface area contributed by atoms with Gasteiger partial charge in [0.1, 0.15) is 5.75 Å². The zero-order chi connectivity index (χ0) is 18.1. The predicted molar refractivity (Wildman–Crippen MR) is 93.2 cm³/mol. The number of benzene rings is 1. The Morgan fingerprint density at radius 2 is 1.71 bits per heavy atom. The van der Waals surface area contributed by atoms with E-state index in [2.05, 4.69) is 0 Å². The standard InChI is InChI=1S/C20H28O4/c1-13(2)24-18(22)20(5)12-11-16(19(20,3)4)17(21)14-7-9-15(23-6)10-8-14/h7-10,13,16H,11-12H2,1-6H3/t16-,20+/m0/s1. The summed E-state index contributed by atoms with van der Waals surface area (Å²) in [6, 6.07) is 7.17. The first-order valence-corrected chi connectivity index (χ1v) is 8.53. The Balaban J connectivity index is 2.25. The average Bonchev–Trinajstić information content (AvgIpc) is 2.77. The molecule has 24 heavy (non-hydrogen) atoms. The van der Waals surface area contributed by atoms with Gasteiger partial charge < -0.3 is 9.47 Å². The zero-order valence-electron chi connectivity index (χ0n) is 15.5. The second-order valence-corrected chi connectivity index (χ2v) is 7.69. The highest BCUT2D eigenvalue weighted by Gasteiger charge is 2.58. The fraction of sp³-hybridized carbons (Fsp3) is 0.600. The summed E-state index contributed by atoms with van der Waals surface area (Å²) in [5.41, 5.74) is -0.449. The maximum Gasteiger partial charge on any atom is 0.312 e. The van der Waals surface area contributed by atoms with Crippen molar-refractivity contribution in [2.24, 2.45) is 16.7 Å². The van der Waals surface area contributed by atoms with Crippen molar-refractivity contribution >= 4 is 11.8 Å². The molecule has 1 aromatic rings. The summed E-state index contributed by atoms with van der Waals surface area (Å²) in [6.45, 7) is 9.65. The molecule has 1 fully saturated rings. The normalized spacial score (nSPS) is 25.5. The van der Waals surface area contributed by atoms with Crippen molar-refractivity contribution < 1.29 is 19.1 Å². The number of hydrogen-bond donors (Lipinski definition) is 0. The zero-order valence-corrected chi connectivity index (χ0v) is 15.5. The molecule has 0 unspecified atom stereocenters. The number of hydrogen-bond acceptors (Lipinski definition) is 4. The molecule has 0 spiro atoms. The SMILES string of the molecule is COc1ccc(C(=O)[C@@H]2CC[C@](C)(C(=O)OC(C)C)C2(C)C)cc1. The third kappa shape index (κ3) is 3.06. The topological polar surface area (TPSA) is 52.6 Å². The van der Waals surface area contributed by atoms with Crippen LogP contribution in [0.15, 0.2) is 24.3 Å². The smallest absolute Gasteiger partial charge is 0.312 e. The van der Waals surface area contributed by atoms with Gasteiger partial charge in [0.15, 0.2) is 5.78 Å². The summed E-state index contributed by atoms with van der Waals surface area (Å²) < 4.78 is 10.6. The van der Waals surface area contributed by atoms with E-state index in [4.69, 9.17) is 9.47 Å². The van der Waals surface area contributed by atoms with Crippen molar-refractivity contribution in [3.63, 3.8) is 0 Å². The molecule has 132 valence electrons. The Hall–Kier alpha value is -1.84. The molecule has 0 aromatic heterocycles. The first kappa shape index (κ1) is 18.5. The molecule has 1 saturated carbocycles. The largest absolute Gasteiger partial charge is 0.497 e. The van der Waals surface area contributed by atoms with Gasteiger partial charge in [0.2, 0.25) is 0 Å². The molecule has 1 aliphatic rings. The van der Waals surface area contributed by atoms with Crippen LogP contribution in [-0.2, 0) is 9.53 Å². The molecule has 0 heterocycles. The van der Waals surface area contributed by atoms with E-state index in [9.17, 15) is 9.59 Å². The van der Waals surface area contributed by atoms with Crippen LogP contribution in [0.1, 0.15) is 57.8 Å². The van der Waals surface area contributed by atoms with Crippen molar-refractivity contribution in [2.75, 3.05) is 7.11 Å². The van der Waals surface area contributed by atoms with Crippen LogP contribution in [-0.4, -0.2) is 25.0 Å². The van der Waals surface area contributed by atoms with E-state index in [1.807, 2.05) is 34.6 Å². The number of methoxy groups -OCH3 is 1. The van der Waals surface area contributed by atoms with Crippen LogP contribution in [0.5, 0.6) is 5.75 Å². The highest BCUT2D eigenvalue weighted by molar-refractivity contribution is 5.99. The number of carbonyl (C=O) groups is 2. The fourth-order valence-electron chi connectivity index (χ4n) is 3.63. The van der Waals surface area contributed by atoms with E-state index in [-0.39, 0.29) is 23.8 Å². The molecule has 4 nitrogen and oxygen atoms in total. The minimum absolute atomic E-state index is 0.0868. The Bertz CT molecular complexity index is 615. The third-order valence-corrected chi connectivity index (χ3v) is 5.71. The van der Waals surface area contributed by atoms with Crippen LogP contribution in [0.2, 0.25) is 0 Å². The lowest BCUT2D eigenvalue weighted by atomic mass is 9.64. The molecule has 1 aromatic carbocycles. The summed E-state index contributed by atoms with van der Waals surface area (Å²) >= 11 is 0. The van der Waals surface area contributed by atoms with Gasteiger partial charge in [-0.1, -0.05) is 13.8 Å². The lowest BCUT2D eigenvalue weighted by Gasteiger charge is -2.39. The van der Waals surface area contributed by atoms with Crippen molar-refractivity contribution in [1.82, 2.24) is 0 Å². The first-order valence-electron chi connectivity index (χ1n) is 8.53. The number of carbonyl (C=O) groups excluding carboxylic acids is 2. The van der Waals surface area contributed by atoms with Gasteiger partial charge in [-0.25, -0.2) is 0 Å². The Morgan fingerprint density at radius 3 is 2.21 bits per heavy atom. The lowest BCUT2D eigenvalue weighted by molar-refractivity contribution is -0.165. The van der Waals surface area contributed by atoms with Crippen LogP contribution >= 0.6 is 0 Å². The molecule has 2 rings (SSSR count). The minimum atomic E-state index is -0.649. The molecule has 2 atom stereocenters. The van der Waals surface area contributed by atoms with E-state index in [1.165, 1.54) is 0 Å². The number of rotatable bonds is 5. The second kappa shape index (κ2) is 6.58. The van der Waals surface area contributed by atoms with Crippen molar-refractivity contribution in [2.45, 2.75) is 53.6 Å². The van der Waals surface area contributed by atoms with Gasteiger partial charge in [-0.2, -0.15) is 0 Å². The third-order valence-electron chi connectivity index (χ3n) is 5.71. The Morgan fingerprint density at radius 1 is 1.12 bits per heavy atom. The monoisotopic (exact) mass is 332 g/mol. The lowest BCUT2D eigenvalue weighted by Crippen LogP contribution is -2.44. The second-order valence-electron chi connectivity index (χ2n) is 7.69. The van der Waals surface area contributed by atoms with Crippen LogP contribution in [0.25, 0.3) is 0 Å². The molecular weight excluding hydrogens is 304 g/mol. The molecule has 0 bridgehead atoms. The number of ether oxygens (including phenoxy) is 2. The van der Waals surface area contributed by atoms with E-state index in [0.29, 0.717) is 18.4 Å². The summed E-state index contributed by atoms with van der Waals surface area (Å²) in [4.78, 5) is 25.6. The number of esters is 1. The van der Waals surface area contributed by atoms with Crippen LogP contribution in [0.3, 0.4) is 0 Å². The van der Waals surface area contributed by atoms with Crippen molar-refractivity contribution in [3.8, 4) is 5.75 Å². The van der Waals surface area contributed by atoms with Crippen molar-refractivity contribution in [3.05, 3.63) is 29.8 Å². The summed E-state index contributed by atoms with van der Waals surface area (Å²) in [5, 5.41) is 0. The van der Waals surface area contributed by atoms with Crippen LogP contribution in [0.4, 0.5) is 0 Å². The first-order chi connectivity index (χ1) is 11.1. The van der Waals surface area contributed by atoms with Gasteiger partial charge >= 0.3 is 5.97 Å². The molecule has 0 N–H and O–H groups in total. The minimum Gasteiger partial charge on any atom is -0.497 e. The summed E-state index contributed by atoms with van der Waals surface area (Å²) in [7, 11) is 1.60. The van der Waals surface area contributed by atoms with Crippen molar-refractivity contribution in [1.29, 1.82) is 0 Å². The number of ketones is 1. The van der Waals surface area contributed by atoms with Gasteiger partial charge in [-0.05, 0) is 63.3 Å². The maximum atomic E-state index is 13.0. The highest BCUT2D eigenvalue weighted by atomic mass is 16.5. The predicted octanol–water partition coefficient (Wildman–Crippen LogP) is 4.27. The van der Waals surface area contributed by atoms with Gasteiger partial charge in [0.05, 0.1) is 18.6 Å². The van der Waals surface area contributed by atoms with E-state index < -0.39 is 10.8 Å². The van der Waals surface area contributed by atoms with E-state index in [0.717, 1.165) is 5.75 Å². The van der Waals surface area contributed by atoms with Gasteiger partial charge in [0.25, 0.3) is 0 Å². The molecular formula is C20H28O4. The molecule has 0 radical (unpaired) electrons. The molecule has 4 heteroatoms. The van der Waals surface area contributed by atoms with Gasteiger partial charge in [0, 0.05) is 11.5 Å². The fourth-order valence-corrected chi connectivity index (χ4v) is 3.63. The molecule has 0 saturated heterocycles. The molecule has 1 aliphatic carbocycles. The van der Waals surface area contributed by atoms with Crippen LogP contribution < -0.4 is 4.74 Å². The molecule has 0 aliphatic heterocycles. The van der Waals surface area contributed by atoms with Crippen LogP contribution in [0, 0.1) is 16.7 Å². The van der Waals surface area contributed by atoms with E-state index >= 15 is 0 Å². The Kier molecular flexibility index (Phi) is 5.07. The average molecular weight is 332 g/mol.